The first-order valence-corrected chi connectivity index (χ1v) is 11.5. The Balaban J connectivity index is 1.38. The van der Waals surface area contributed by atoms with E-state index in [1.165, 1.54) is 28.9 Å². The lowest BCUT2D eigenvalue weighted by molar-refractivity contribution is -0.125. The van der Waals surface area contributed by atoms with E-state index in [0.29, 0.717) is 16.7 Å². The van der Waals surface area contributed by atoms with Crippen LogP contribution in [0.15, 0.2) is 24.3 Å². The minimum absolute atomic E-state index is 0.169. The Morgan fingerprint density at radius 2 is 1.93 bits per heavy atom. The van der Waals surface area contributed by atoms with Crippen LogP contribution in [0.1, 0.15) is 53.9 Å². The van der Waals surface area contributed by atoms with Crippen molar-refractivity contribution in [3.63, 3.8) is 0 Å². The topological polar surface area (TPSA) is 64.6 Å². The molecule has 0 radical (unpaired) electrons. The number of aryl methyl sites for hydroxylation is 2. The minimum Gasteiger partial charge on any atom is -0.497 e. The second-order valence-electron chi connectivity index (χ2n) is 8.51. The second-order valence-corrected chi connectivity index (χ2v) is 9.56. The van der Waals surface area contributed by atoms with Gasteiger partial charge in [0.2, 0.25) is 0 Å². The number of fused-ring (bicyclic) bond motifs is 3. The van der Waals surface area contributed by atoms with Gasteiger partial charge in [-0.25, -0.2) is 4.79 Å². The molecule has 30 heavy (non-hydrogen) atoms. The standard InChI is InChI=1S/C24H29NO4S/c1-14-5-4-6-20(15(14)2)25-22(26)13-29-24(27)21-12-17-8-7-16-11-18(28-3)9-10-19(16)23(17)30-21/h9-12,14-15,20H,4-8,13H2,1-3H3,(H,25,26)/t14-,15+,20+/m0/s1. The summed E-state index contributed by atoms with van der Waals surface area (Å²) in [4.78, 5) is 26.6. The highest BCUT2D eigenvalue weighted by Gasteiger charge is 2.28. The van der Waals surface area contributed by atoms with E-state index in [0.717, 1.165) is 41.9 Å². The van der Waals surface area contributed by atoms with E-state index in [9.17, 15) is 9.59 Å². The number of nitrogens with one attached hydrogen (secondary N) is 1. The van der Waals surface area contributed by atoms with Gasteiger partial charge in [0, 0.05) is 10.9 Å². The largest absolute Gasteiger partial charge is 0.497 e. The molecular formula is C24H29NO4S. The van der Waals surface area contributed by atoms with Crippen molar-refractivity contribution in [1.29, 1.82) is 0 Å². The van der Waals surface area contributed by atoms with Gasteiger partial charge in [0.25, 0.3) is 5.91 Å². The molecule has 1 N–H and O–H groups in total. The molecule has 3 atom stereocenters. The van der Waals surface area contributed by atoms with Crippen molar-refractivity contribution in [3.8, 4) is 16.2 Å². The number of carbonyl (C=O) groups excluding carboxylic acids is 2. The van der Waals surface area contributed by atoms with Crippen molar-refractivity contribution in [2.24, 2.45) is 11.8 Å². The summed E-state index contributed by atoms with van der Waals surface area (Å²) in [5.74, 6) is 1.26. The molecule has 1 aromatic heterocycles. The molecule has 1 heterocycles. The van der Waals surface area contributed by atoms with Crippen LogP contribution in [0.5, 0.6) is 5.75 Å². The summed E-state index contributed by atoms with van der Waals surface area (Å²) in [6.07, 6.45) is 5.14. The van der Waals surface area contributed by atoms with Gasteiger partial charge in [0.05, 0.1) is 7.11 Å². The lowest BCUT2D eigenvalue weighted by atomic mass is 9.78. The van der Waals surface area contributed by atoms with Gasteiger partial charge in [-0.3, -0.25) is 4.79 Å². The summed E-state index contributed by atoms with van der Waals surface area (Å²) in [5.41, 5.74) is 3.55. The third-order valence-electron chi connectivity index (χ3n) is 6.62. The summed E-state index contributed by atoms with van der Waals surface area (Å²) < 4.78 is 10.7. The van der Waals surface area contributed by atoms with Crippen LogP contribution in [0, 0.1) is 11.8 Å². The van der Waals surface area contributed by atoms with Crippen molar-refractivity contribution >= 4 is 23.2 Å². The van der Waals surface area contributed by atoms with Crippen molar-refractivity contribution in [1.82, 2.24) is 5.32 Å². The van der Waals surface area contributed by atoms with Gasteiger partial charge in [0.15, 0.2) is 6.61 Å². The predicted octanol–water partition coefficient (Wildman–Crippen LogP) is 4.62. The number of hydrogen-bond acceptors (Lipinski definition) is 5. The van der Waals surface area contributed by atoms with Crippen molar-refractivity contribution in [3.05, 3.63) is 40.3 Å². The summed E-state index contributed by atoms with van der Waals surface area (Å²) in [5, 5.41) is 3.05. The first-order valence-electron chi connectivity index (χ1n) is 10.7. The molecule has 0 saturated heterocycles. The highest BCUT2D eigenvalue weighted by molar-refractivity contribution is 7.17. The average Bonchev–Trinajstić information content (AvgIpc) is 3.19. The van der Waals surface area contributed by atoms with E-state index in [1.54, 1.807) is 7.11 Å². The van der Waals surface area contributed by atoms with Crippen LogP contribution >= 0.6 is 11.3 Å². The maximum absolute atomic E-state index is 12.6. The van der Waals surface area contributed by atoms with Crippen LogP contribution < -0.4 is 10.1 Å². The molecule has 4 rings (SSSR count). The lowest BCUT2D eigenvalue weighted by Gasteiger charge is -2.34. The molecular weight excluding hydrogens is 398 g/mol. The lowest BCUT2D eigenvalue weighted by Crippen LogP contribution is -2.45. The molecule has 1 saturated carbocycles. The number of benzene rings is 1. The third kappa shape index (κ3) is 4.24. The first-order chi connectivity index (χ1) is 14.5. The van der Waals surface area contributed by atoms with Gasteiger partial charge in [-0.2, -0.15) is 0 Å². The Morgan fingerprint density at radius 3 is 2.73 bits per heavy atom. The molecule has 1 amide bonds. The molecule has 5 nitrogen and oxygen atoms in total. The summed E-state index contributed by atoms with van der Waals surface area (Å²) >= 11 is 1.44. The number of esters is 1. The van der Waals surface area contributed by atoms with Gasteiger partial charge in [-0.1, -0.05) is 26.7 Å². The zero-order valence-corrected chi connectivity index (χ0v) is 18.6. The first kappa shape index (κ1) is 20.9. The molecule has 0 unspecified atom stereocenters. The van der Waals surface area contributed by atoms with Gasteiger partial charge in [-0.15, -0.1) is 11.3 Å². The normalized spacial score (nSPS) is 22.6. The second kappa shape index (κ2) is 8.80. The fraction of sp³-hybridized carbons (Fsp3) is 0.500. The number of methoxy groups -OCH3 is 1. The molecule has 1 aromatic carbocycles. The maximum atomic E-state index is 12.6. The van der Waals surface area contributed by atoms with Crippen molar-refractivity contribution in [2.75, 3.05) is 13.7 Å². The summed E-state index contributed by atoms with van der Waals surface area (Å²) in [6.45, 7) is 4.19. The van der Waals surface area contributed by atoms with Crippen LogP contribution in [0.25, 0.3) is 10.4 Å². The smallest absolute Gasteiger partial charge is 0.348 e. The fourth-order valence-corrected chi connectivity index (χ4v) is 5.74. The monoisotopic (exact) mass is 427 g/mol. The van der Waals surface area contributed by atoms with Crippen LogP contribution in [-0.2, 0) is 22.4 Å². The molecule has 160 valence electrons. The Labute approximate surface area is 181 Å². The van der Waals surface area contributed by atoms with Crippen LogP contribution in [0.3, 0.4) is 0 Å². The van der Waals surface area contributed by atoms with Gasteiger partial charge in [-0.05, 0) is 72.1 Å². The number of carbonyl (C=O) groups is 2. The number of amides is 1. The maximum Gasteiger partial charge on any atom is 0.348 e. The number of rotatable bonds is 5. The highest BCUT2D eigenvalue weighted by atomic mass is 32.1. The zero-order valence-electron chi connectivity index (χ0n) is 17.8. The molecule has 0 bridgehead atoms. The van der Waals surface area contributed by atoms with E-state index < -0.39 is 5.97 Å². The summed E-state index contributed by atoms with van der Waals surface area (Å²) in [7, 11) is 1.67. The number of hydrogen-bond donors (Lipinski definition) is 1. The molecule has 1 fully saturated rings. The molecule has 6 heteroatoms. The van der Waals surface area contributed by atoms with Gasteiger partial charge < -0.3 is 14.8 Å². The average molecular weight is 428 g/mol. The van der Waals surface area contributed by atoms with Gasteiger partial charge >= 0.3 is 5.97 Å². The van der Waals surface area contributed by atoms with E-state index in [-0.39, 0.29) is 18.6 Å². The molecule has 2 aliphatic carbocycles. The van der Waals surface area contributed by atoms with Crippen molar-refractivity contribution < 1.29 is 19.1 Å². The van der Waals surface area contributed by atoms with Crippen LogP contribution in [0.4, 0.5) is 0 Å². The predicted molar refractivity (Wildman–Crippen MR) is 118 cm³/mol. The van der Waals surface area contributed by atoms with E-state index in [1.807, 2.05) is 12.1 Å². The Kier molecular flexibility index (Phi) is 6.14. The molecule has 0 spiro atoms. The van der Waals surface area contributed by atoms with E-state index in [4.69, 9.17) is 9.47 Å². The quantitative estimate of drug-likeness (QED) is 0.707. The number of ether oxygens (including phenoxy) is 2. The van der Waals surface area contributed by atoms with Crippen molar-refractivity contribution in [2.45, 2.75) is 52.0 Å². The zero-order chi connectivity index (χ0) is 21.3. The summed E-state index contributed by atoms with van der Waals surface area (Å²) in [6, 6.07) is 8.15. The van der Waals surface area contributed by atoms with Crippen LogP contribution in [-0.4, -0.2) is 31.6 Å². The SMILES string of the molecule is COc1ccc2c(c1)CCc1cc(C(=O)OCC(=O)N[C@@H]3CCC[C@H](C)[C@H]3C)sc1-2. The minimum atomic E-state index is -0.426. The van der Waals surface area contributed by atoms with E-state index >= 15 is 0 Å². The Hall–Kier alpha value is -2.34. The number of thiophene rings is 1. The molecule has 2 aliphatic rings. The molecule has 0 aliphatic heterocycles. The third-order valence-corrected chi connectivity index (χ3v) is 7.81. The Morgan fingerprint density at radius 1 is 1.13 bits per heavy atom. The fourth-order valence-electron chi connectivity index (χ4n) is 4.57. The van der Waals surface area contributed by atoms with E-state index in [2.05, 4.69) is 31.3 Å². The highest BCUT2D eigenvalue weighted by Crippen LogP contribution is 2.41. The molecule has 2 aromatic rings. The van der Waals surface area contributed by atoms with Gasteiger partial charge in [0.1, 0.15) is 10.6 Å². The van der Waals surface area contributed by atoms with Crippen LogP contribution in [0.2, 0.25) is 0 Å². The Bertz CT molecular complexity index is 951.